The average Bonchev–Trinajstić information content (AvgIpc) is 3.28. The van der Waals surface area contributed by atoms with Gasteiger partial charge in [-0.3, -0.25) is 4.79 Å². The Morgan fingerprint density at radius 2 is 1.60 bits per heavy atom. The maximum absolute atomic E-state index is 14.0. The molecule has 0 aromatic heterocycles. The van der Waals surface area contributed by atoms with E-state index in [4.69, 9.17) is 4.74 Å². The van der Waals surface area contributed by atoms with Crippen molar-refractivity contribution in [1.82, 2.24) is 10.2 Å². The molecular formula is C28H42N2O5. The van der Waals surface area contributed by atoms with Crippen LogP contribution in [0.1, 0.15) is 83.6 Å². The second-order valence-corrected chi connectivity index (χ2v) is 11.7. The number of methoxy groups -OCH3 is 1. The van der Waals surface area contributed by atoms with Gasteiger partial charge in [-0.15, -0.1) is 0 Å². The Hall–Kier alpha value is -2.44. The summed E-state index contributed by atoms with van der Waals surface area (Å²) in [6.45, 7) is 5.71. The van der Waals surface area contributed by atoms with E-state index in [0.29, 0.717) is 18.8 Å². The number of nitrogens with zero attached hydrogens (tertiary/aromatic N) is 1. The van der Waals surface area contributed by atoms with Gasteiger partial charge in [0.05, 0.1) is 13.0 Å². The minimum absolute atomic E-state index is 0.0561. The summed E-state index contributed by atoms with van der Waals surface area (Å²) in [5.41, 5.74) is 0.284. The molecule has 3 N–H and O–H groups in total. The fourth-order valence-electron chi connectivity index (χ4n) is 7.96. The van der Waals surface area contributed by atoms with Crippen molar-refractivity contribution in [1.29, 1.82) is 0 Å². The predicted octanol–water partition coefficient (Wildman–Crippen LogP) is 5.55. The van der Waals surface area contributed by atoms with Gasteiger partial charge in [0, 0.05) is 25.0 Å². The SMILES string of the molecule is COc1cc(CNC(=O)C2CN(C(=O)O)CC2(C2(C)CCCCC2)C2(C)CCCCC2)ccc1O. The lowest BCUT2D eigenvalue weighted by Crippen LogP contribution is -2.60. The summed E-state index contributed by atoms with van der Waals surface area (Å²) >= 11 is 0. The highest BCUT2D eigenvalue weighted by Gasteiger charge is 2.67. The summed E-state index contributed by atoms with van der Waals surface area (Å²) in [5.74, 6) is -0.0124. The topological polar surface area (TPSA) is 99.1 Å². The van der Waals surface area contributed by atoms with E-state index < -0.39 is 11.5 Å². The number of phenols is 1. The van der Waals surface area contributed by atoms with Crippen LogP contribution in [0.5, 0.6) is 11.5 Å². The number of carboxylic acid groups (broad SMARTS) is 1. The van der Waals surface area contributed by atoms with Gasteiger partial charge in [0.25, 0.3) is 0 Å². The number of carbonyl (C=O) groups excluding carboxylic acids is 1. The van der Waals surface area contributed by atoms with E-state index in [1.807, 2.05) is 0 Å². The summed E-state index contributed by atoms with van der Waals surface area (Å²) in [5, 5.41) is 23.1. The first-order valence-electron chi connectivity index (χ1n) is 13.3. The Bertz CT molecular complexity index is 909. The van der Waals surface area contributed by atoms with E-state index in [-0.39, 0.29) is 34.9 Å². The summed E-state index contributed by atoms with van der Waals surface area (Å²) < 4.78 is 5.22. The molecular weight excluding hydrogens is 444 g/mol. The van der Waals surface area contributed by atoms with Crippen molar-refractivity contribution in [3.8, 4) is 11.5 Å². The molecule has 0 spiro atoms. The van der Waals surface area contributed by atoms with Crippen LogP contribution in [0.2, 0.25) is 0 Å². The van der Waals surface area contributed by atoms with Crippen molar-refractivity contribution in [2.75, 3.05) is 20.2 Å². The molecule has 3 fully saturated rings. The first-order valence-corrected chi connectivity index (χ1v) is 13.3. The summed E-state index contributed by atoms with van der Waals surface area (Å²) in [7, 11) is 1.50. The zero-order valence-corrected chi connectivity index (χ0v) is 21.6. The van der Waals surface area contributed by atoms with Crippen LogP contribution in [-0.4, -0.2) is 47.3 Å². The lowest BCUT2D eigenvalue weighted by Gasteiger charge is -2.61. The standard InChI is InChI=1S/C28H42N2O5/c1-26(12-6-4-7-13-26)28(27(2)14-8-5-9-15-27)19-30(25(33)34)18-21(28)24(32)29-17-20-10-11-22(31)23(16-20)35-3/h10-11,16,21,31H,4-9,12-15,17-19H2,1-3H3,(H,29,32)(H,33,34). The van der Waals surface area contributed by atoms with Gasteiger partial charge in [-0.2, -0.15) is 0 Å². The number of benzene rings is 1. The number of amides is 2. The molecule has 2 amide bonds. The third-order valence-corrected chi connectivity index (χ3v) is 9.80. The highest BCUT2D eigenvalue weighted by atomic mass is 16.5. The number of likely N-dealkylation sites (tertiary alicyclic amines) is 1. The summed E-state index contributed by atoms with van der Waals surface area (Å²) in [4.78, 5) is 27.8. The molecule has 1 saturated heterocycles. The maximum Gasteiger partial charge on any atom is 0.407 e. The minimum Gasteiger partial charge on any atom is -0.504 e. The van der Waals surface area contributed by atoms with Crippen molar-refractivity contribution in [3.63, 3.8) is 0 Å². The van der Waals surface area contributed by atoms with Gasteiger partial charge < -0.3 is 25.2 Å². The molecule has 0 radical (unpaired) electrons. The Balaban J connectivity index is 1.70. The zero-order valence-electron chi connectivity index (χ0n) is 21.6. The number of carbonyl (C=O) groups is 2. The molecule has 1 aromatic carbocycles. The molecule has 2 aliphatic carbocycles. The van der Waals surface area contributed by atoms with Crippen LogP contribution in [-0.2, 0) is 11.3 Å². The molecule has 1 unspecified atom stereocenters. The number of hydrogen-bond donors (Lipinski definition) is 3. The number of rotatable bonds is 6. The first kappa shape index (κ1) is 25.6. The molecule has 2 saturated carbocycles. The van der Waals surface area contributed by atoms with E-state index in [2.05, 4.69) is 19.2 Å². The van der Waals surface area contributed by atoms with Gasteiger partial charge >= 0.3 is 6.09 Å². The summed E-state index contributed by atoms with van der Waals surface area (Å²) in [6.07, 6.45) is 10.3. The van der Waals surface area contributed by atoms with Crippen LogP contribution in [0.25, 0.3) is 0 Å². The van der Waals surface area contributed by atoms with Crippen molar-refractivity contribution in [2.24, 2.45) is 22.2 Å². The average molecular weight is 487 g/mol. The van der Waals surface area contributed by atoms with Gasteiger partial charge in [0.1, 0.15) is 0 Å². The normalized spacial score (nSPS) is 25.1. The highest BCUT2D eigenvalue weighted by Crippen LogP contribution is 2.67. The van der Waals surface area contributed by atoms with Crippen molar-refractivity contribution in [3.05, 3.63) is 23.8 Å². The van der Waals surface area contributed by atoms with Crippen LogP contribution >= 0.6 is 0 Å². The van der Waals surface area contributed by atoms with E-state index in [0.717, 1.165) is 56.9 Å². The predicted molar refractivity (Wildman–Crippen MR) is 134 cm³/mol. The van der Waals surface area contributed by atoms with Crippen LogP contribution < -0.4 is 10.1 Å². The zero-order chi connectivity index (χ0) is 25.3. The van der Waals surface area contributed by atoms with Gasteiger partial charge in [0.15, 0.2) is 11.5 Å². The summed E-state index contributed by atoms with van der Waals surface area (Å²) in [6, 6.07) is 5.07. The van der Waals surface area contributed by atoms with Crippen LogP contribution in [0, 0.1) is 22.2 Å². The van der Waals surface area contributed by atoms with Crippen LogP contribution in [0.4, 0.5) is 4.79 Å². The molecule has 4 rings (SSSR count). The lowest BCUT2D eigenvalue weighted by atomic mass is 9.42. The van der Waals surface area contributed by atoms with Crippen LogP contribution in [0.15, 0.2) is 18.2 Å². The molecule has 35 heavy (non-hydrogen) atoms. The molecule has 7 heteroatoms. The molecule has 1 atom stereocenters. The smallest absolute Gasteiger partial charge is 0.407 e. The maximum atomic E-state index is 14.0. The molecule has 7 nitrogen and oxygen atoms in total. The second kappa shape index (κ2) is 9.90. The molecule has 0 bridgehead atoms. The minimum atomic E-state index is -0.924. The fourth-order valence-corrected chi connectivity index (χ4v) is 7.96. The molecule has 194 valence electrons. The fraction of sp³-hybridized carbons (Fsp3) is 0.714. The van der Waals surface area contributed by atoms with Crippen molar-refractivity contribution >= 4 is 12.0 Å². The molecule has 1 aromatic rings. The Labute approximate surface area is 209 Å². The van der Waals surface area contributed by atoms with Crippen molar-refractivity contribution in [2.45, 2.75) is 84.6 Å². The molecule has 1 heterocycles. The Morgan fingerprint density at radius 1 is 1.03 bits per heavy atom. The number of aromatic hydroxyl groups is 1. The van der Waals surface area contributed by atoms with Crippen LogP contribution in [0.3, 0.4) is 0 Å². The Morgan fingerprint density at radius 3 is 2.11 bits per heavy atom. The van der Waals surface area contributed by atoms with E-state index in [9.17, 15) is 19.8 Å². The highest BCUT2D eigenvalue weighted by molar-refractivity contribution is 5.82. The quantitative estimate of drug-likeness (QED) is 0.489. The molecule has 3 aliphatic rings. The van der Waals surface area contributed by atoms with Crippen molar-refractivity contribution < 1.29 is 24.5 Å². The number of nitrogens with one attached hydrogen (secondary N) is 1. The Kier molecular flexibility index (Phi) is 7.26. The number of ether oxygens (including phenoxy) is 1. The largest absolute Gasteiger partial charge is 0.504 e. The van der Waals surface area contributed by atoms with Gasteiger partial charge in [-0.25, -0.2) is 4.79 Å². The van der Waals surface area contributed by atoms with E-state index >= 15 is 0 Å². The third kappa shape index (κ3) is 4.47. The van der Waals surface area contributed by atoms with Gasteiger partial charge in [-0.05, 0) is 54.2 Å². The second-order valence-electron chi connectivity index (χ2n) is 11.7. The van der Waals surface area contributed by atoms with Gasteiger partial charge in [-0.1, -0.05) is 58.4 Å². The lowest BCUT2D eigenvalue weighted by molar-refractivity contribution is -0.153. The molecule has 1 aliphatic heterocycles. The number of phenolic OH excluding ortho intramolecular Hbond substituents is 1. The van der Waals surface area contributed by atoms with Gasteiger partial charge in [0.2, 0.25) is 5.91 Å². The van der Waals surface area contributed by atoms with E-state index in [1.54, 1.807) is 18.2 Å². The monoisotopic (exact) mass is 486 g/mol. The van der Waals surface area contributed by atoms with E-state index in [1.165, 1.54) is 24.9 Å². The first-order chi connectivity index (χ1) is 16.7. The third-order valence-electron chi connectivity index (χ3n) is 9.80. The number of hydrogen-bond acceptors (Lipinski definition) is 4.